The number of amides is 1. The maximum atomic E-state index is 12.0. The number of ether oxygens (including phenoxy) is 2. The molecule has 1 atom stereocenters. The van der Waals surface area contributed by atoms with E-state index in [0.717, 1.165) is 44.9 Å². The van der Waals surface area contributed by atoms with Crippen LogP contribution in [-0.4, -0.2) is 72.8 Å². The van der Waals surface area contributed by atoms with Gasteiger partial charge in [-0.25, -0.2) is 4.79 Å². The highest BCUT2D eigenvalue weighted by Crippen LogP contribution is 2.32. The summed E-state index contributed by atoms with van der Waals surface area (Å²) in [6.07, 6.45) is 3.38. The van der Waals surface area contributed by atoms with Crippen LogP contribution in [-0.2, 0) is 17.8 Å². The van der Waals surface area contributed by atoms with Gasteiger partial charge in [0.15, 0.2) is 0 Å². The number of methoxy groups -OCH3 is 1. The SMILES string of the molecule is CCC12COC(=O)N1CCN(Cc1ccc(OC)c(CN3CCCC3)c1)C2. The van der Waals surface area contributed by atoms with E-state index in [2.05, 4.69) is 34.9 Å². The van der Waals surface area contributed by atoms with Gasteiger partial charge in [0, 0.05) is 38.3 Å². The van der Waals surface area contributed by atoms with E-state index in [4.69, 9.17) is 9.47 Å². The predicted octanol–water partition coefficient (Wildman–Crippen LogP) is 2.71. The Labute approximate surface area is 162 Å². The lowest BCUT2D eigenvalue weighted by atomic mass is 9.92. The molecule has 0 N–H and O–H groups in total. The summed E-state index contributed by atoms with van der Waals surface area (Å²) in [5.74, 6) is 0.982. The Kier molecular flexibility index (Phi) is 5.28. The van der Waals surface area contributed by atoms with Gasteiger partial charge in [-0.1, -0.05) is 13.0 Å². The normalized spacial score (nSPS) is 26.3. The molecule has 6 heteroatoms. The lowest BCUT2D eigenvalue weighted by Crippen LogP contribution is -2.60. The van der Waals surface area contributed by atoms with Crippen molar-refractivity contribution >= 4 is 6.09 Å². The number of cyclic esters (lactones) is 1. The standard InChI is InChI=1S/C21H31N3O3/c1-3-21-15-23(10-11-24(21)20(25)27-16-21)13-17-6-7-19(26-2)18(12-17)14-22-8-4-5-9-22/h6-7,12H,3-5,8-11,13-16H2,1-2H3. The van der Waals surface area contributed by atoms with Crippen LogP contribution in [0.4, 0.5) is 4.79 Å². The van der Waals surface area contributed by atoms with Gasteiger partial charge in [-0.3, -0.25) is 14.7 Å². The van der Waals surface area contributed by atoms with E-state index in [9.17, 15) is 4.79 Å². The van der Waals surface area contributed by atoms with Crippen LogP contribution in [0.15, 0.2) is 18.2 Å². The highest BCUT2D eigenvalue weighted by atomic mass is 16.6. The van der Waals surface area contributed by atoms with E-state index in [1.807, 2.05) is 4.90 Å². The minimum atomic E-state index is -0.153. The van der Waals surface area contributed by atoms with Gasteiger partial charge in [0.2, 0.25) is 0 Å². The van der Waals surface area contributed by atoms with Crippen LogP contribution in [0.25, 0.3) is 0 Å². The number of piperazine rings is 1. The first kappa shape index (κ1) is 18.6. The summed E-state index contributed by atoms with van der Waals surface area (Å²) in [7, 11) is 1.75. The van der Waals surface area contributed by atoms with Gasteiger partial charge in [-0.15, -0.1) is 0 Å². The van der Waals surface area contributed by atoms with Crippen molar-refractivity contribution in [1.29, 1.82) is 0 Å². The molecule has 3 heterocycles. The number of benzene rings is 1. The largest absolute Gasteiger partial charge is 0.496 e. The lowest BCUT2D eigenvalue weighted by Gasteiger charge is -2.44. The van der Waals surface area contributed by atoms with E-state index in [0.29, 0.717) is 6.61 Å². The molecule has 1 aromatic carbocycles. The molecular formula is C21H31N3O3. The molecule has 3 aliphatic heterocycles. The van der Waals surface area contributed by atoms with Crippen LogP contribution in [0.5, 0.6) is 5.75 Å². The quantitative estimate of drug-likeness (QED) is 0.767. The van der Waals surface area contributed by atoms with Crippen molar-refractivity contribution in [2.45, 2.75) is 44.8 Å². The zero-order valence-corrected chi connectivity index (χ0v) is 16.6. The van der Waals surface area contributed by atoms with Gasteiger partial charge in [0.25, 0.3) is 0 Å². The molecule has 3 fully saturated rings. The molecule has 4 rings (SSSR count). The number of hydrogen-bond donors (Lipinski definition) is 0. The second-order valence-electron chi connectivity index (χ2n) is 8.12. The molecule has 3 saturated heterocycles. The summed E-state index contributed by atoms with van der Waals surface area (Å²) in [6.45, 7) is 9.43. The zero-order valence-electron chi connectivity index (χ0n) is 16.6. The van der Waals surface area contributed by atoms with Crippen LogP contribution in [0.2, 0.25) is 0 Å². The van der Waals surface area contributed by atoms with Gasteiger partial charge in [-0.2, -0.15) is 0 Å². The average Bonchev–Trinajstić information content (AvgIpc) is 3.30. The number of carbonyl (C=O) groups excluding carboxylic acids is 1. The Hall–Kier alpha value is -1.79. The number of carbonyl (C=O) groups is 1. The van der Waals surface area contributed by atoms with E-state index in [-0.39, 0.29) is 11.6 Å². The molecule has 6 nitrogen and oxygen atoms in total. The molecule has 1 amide bonds. The van der Waals surface area contributed by atoms with Crippen LogP contribution < -0.4 is 4.74 Å². The monoisotopic (exact) mass is 373 g/mol. The van der Waals surface area contributed by atoms with Crippen molar-refractivity contribution in [3.05, 3.63) is 29.3 Å². The fourth-order valence-electron chi connectivity index (χ4n) is 4.78. The number of likely N-dealkylation sites (tertiary alicyclic amines) is 1. The van der Waals surface area contributed by atoms with Crippen molar-refractivity contribution in [3.63, 3.8) is 0 Å². The van der Waals surface area contributed by atoms with Crippen LogP contribution in [0, 0.1) is 0 Å². The summed E-state index contributed by atoms with van der Waals surface area (Å²) >= 11 is 0. The van der Waals surface area contributed by atoms with Crippen LogP contribution >= 0.6 is 0 Å². The van der Waals surface area contributed by atoms with Crippen molar-refractivity contribution in [2.75, 3.05) is 46.4 Å². The molecule has 0 spiro atoms. The average molecular weight is 373 g/mol. The number of fused-ring (bicyclic) bond motifs is 1. The molecular weight excluding hydrogens is 342 g/mol. The van der Waals surface area contributed by atoms with Crippen LogP contribution in [0.3, 0.4) is 0 Å². The topological polar surface area (TPSA) is 45.3 Å². The molecule has 3 aliphatic rings. The summed E-state index contributed by atoms with van der Waals surface area (Å²) < 4.78 is 11.0. The van der Waals surface area contributed by atoms with E-state index < -0.39 is 0 Å². The van der Waals surface area contributed by atoms with E-state index in [1.54, 1.807) is 7.11 Å². The maximum Gasteiger partial charge on any atom is 0.410 e. The summed E-state index contributed by atoms with van der Waals surface area (Å²) in [4.78, 5) is 18.9. The van der Waals surface area contributed by atoms with Crippen molar-refractivity contribution < 1.29 is 14.3 Å². The summed E-state index contributed by atoms with van der Waals surface area (Å²) in [5, 5.41) is 0. The maximum absolute atomic E-state index is 12.0. The molecule has 0 bridgehead atoms. The Balaban J connectivity index is 1.46. The molecule has 0 aromatic heterocycles. The Morgan fingerprint density at radius 3 is 2.67 bits per heavy atom. The zero-order chi connectivity index (χ0) is 18.9. The minimum absolute atomic E-state index is 0.145. The first-order chi connectivity index (χ1) is 13.1. The molecule has 148 valence electrons. The Morgan fingerprint density at radius 1 is 1.11 bits per heavy atom. The van der Waals surface area contributed by atoms with Gasteiger partial charge in [0.1, 0.15) is 12.4 Å². The number of nitrogens with zero attached hydrogens (tertiary/aromatic N) is 3. The lowest BCUT2D eigenvalue weighted by molar-refractivity contribution is 0.0449. The van der Waals surface area contributed by atoms with Gasteiger partial charge in [-0.05, 0) is 50.0 Å². The fourth-order valence-corrected chi connectivity index (χ4v) is 4.78. The third-order valence-corrected chi connectivity index (χ3v) is 6.42. The molecule has 27 heavy (non-hydrogen) atoms. The summed E-state index contributed by atoms with van der Waals surface area (Å²) in [6, 6.07) is 6.58. The third kappa shape index (κ3) is 3.65. The first-order valence-electron chi connectivity index (χ1n) is 10.2. The summed E-state index contributed by atoms with van der Waals surface area (Å²) in [5.41, 5.74) is 2.44. The Morgan fingerprint density at radius 2 is 1.93 bits per heavy atom. The molecule has 0 aliphatic carbocycles. The van der Waals surface area contributed by atoms with Gasteiger partial charge in [0.05, 0.1) is 12.6 Å². The Bertz CT molecular complexity index is 689. The molecule has 0 saturated carbocycles. The highest BCUT2D eigenvalue weighted by Gasteiger charge is 2.49. The highest BCUT2D eigenvalue weighted by molar-refractivity contribution is 5.71. The molecule has 1 aromatic rings. The second-order valence-corrected chi connectivity index (χ2v) is 8.12. The predicted molar refractivity (Wildman–Crippen MR) is 104 cm³/mol. The van der Waals surface area contributed by atoms with E-state index >= 15 is 0 Å². The smallest absolute Gasteiger partial charge is 0.410 e. The van der Waals surface area contributed by atoms with Crippen molar-refractivity contribution in [3.8, 4) is 5.75 Å². The fraction of sp³-hybridized carbons (Fsp3) is 0.667. The second kappa shape index (κ2) is 7.68. The van der Waals surface area contributed by atoms with Gasteiger partial charge < -0.3 is 9.47 Å². The van der Waals surface area contributed by atoms with Crippen molar-refractivity contribution in [1.82, 2.24) is 14.7 Å². The molecule has 0 radical (unpaired) electrons. The van der Waals surface area contributed by atoms with Gasteiger partial charge >= 0.3 is 6.09 Å². The third-order valence-electron chi connectivity index (χ3n) is 6.42. The van der Waals surface area contributed by atoms with E-state index in [1.165, 1.54) is 37.1 Å². The first-order valence-corrected chi connectivity index (χ1v) is 10.2. The number of rotatable bonds is 6. The number of hydrogen-bond acceptors (Lipinski definition) is 5. The van der Waals surface area contributed by atoms with Crippen LogP contribution in [0.1, 0.15) is 37.3 Å². The minimum Gasteiger partial charge on any atom is -0.496 e. The molecule has 1 unspecified atom stereocenters. The van der Waals surface area contributed by atoms with Crippen molar-refractivity contribution in [2.24, 2.45) is 0 Å².